The summed E-state index contributed by atoms with van der Waals surface area (Å²) in [4.78, 5) is 14.9. The topological polar surface area (TPSA) is 29.5 Å². The molecule has 4 heteroatoms. The zero-order valence-corrected chi connectivity index (χ0v) is 19.9. The van der Waals surface area contributed by atoms with Crippen LogP contribution in [0, 0.1) is 6.92 Å². The number of benzene rings is 4. The smallest absolute Gasteiger partial charge is 0.228 e. The minimum absolute atomic E-state index is 0.0423. The number of rotatable bonds is 6. The predicted molar refractivity (Wildman–Crippen MR) is 140 cm³/mol. The maximum atomic E-state index is 13.2. The van der Waals surface area contributed by atoms with Gasteiger partial charge in [0.1, 0.15) is 12.4 Å². The lowest BCUT2D eigenvalue weighted by Crippen LogP contribution is -2.37. The molecule has 4 aromatic carbocycles. The molecular formula is C30H26ClNO2. The largest absolute Gasteiger partial charge is 0.489 e. The number of fused-ring (bicyclic) bond motifs is 3. The molecule has 0 aromatic heterocycles. The van der Waals surface area contributed by atoms with E-state index in [1.165, 1.54) is 5.56 Å². The van der Waals surface area contributed by atoms with E-state index in [2.05, 4.69) is 62.0 Å². The Morgan fingerprint density at radius 1 is 1.03 bits per heavy atom. The number of hydrogen-bond acceptors (Lipinski definition) is 2. The lowest BCUT2D eigenvalue weighted by molar-refractivity contribution is -0.119. The molecule has 0 aliphatic carbocycles. The number of ether oxygens (including phenoxy) is 1. The Morgan fingerprint density at radius 2 is 1.82 bits per heavy atom. The van der Waals surface area contributed by atoms with E-state index in [1.807, 2.05) is 36.4 Å². The number of aryl methyl sites for hydroxylation is 1. The highest BCUT2D eigenvalue weighted by Crippen LogP contribution is 2.44. The zero-order valence-electron chi connectivity index (χ0n) is 19.1. The van der Waals surface area contributed by atoms with Crippen molar-refractivity contribution in [1.29, 1.82) is 0 Å². The van der Waals surface area contributed by atoms with Crippen molar-refractivity contribution in [1.82, 2.24) is 0 Å². The Labute approximate surface area is 205 Å². The average Bonchev–Trinajstić information content (AvgIpc) is 2.84. The third-order valence-electron chi connectivity index (χ3n) is 6.37. The van der Waals surface area contributed by atoms with Gasteiger partial charge in [-0.3, -0.25) is 4.79 Å². The standard InChI is InChI=1S/C30H26ClNO2/c1-20-6-5-7-22(16-20)19-34-25-13-10-24(11-14-25)27-17-29(33)32(18-21(2)31)28-15-12-23-8-3-4-9-26(23)30(27)28/h3-16,27H,2,17-19H2,1H3. The molecule has 4 aromatic rings. The van der Waals surface area contributed by atoms with Gasteiger partial charge >= 0.3 is 0 Å². The number of halogens is 1. The molecule has 0 N–H and O–H groups in total. The van der Waals surface area contributed by atoms with Crippen molar-refractivity contribution in [2.24, 2.45) is 0 Å². The van der Waals surface area contributed by atoms with Crippen LogP contribution in [-0.2, 0) is 11.4 Å². The maximum absolute atomic E-state index is 13.2. The number of carbonyl (C=O) groups is 1. The summed E-state index contributed by atoms with van der Waals surface area (Å²) in [5.74, 6) is 0.819. The zero-order chi connectivity index (χ0) is 23.7. The van der Waals surface area contributed by atoms with Gasteiger partial charge in [0.2, 0.25) is 5.91 Å². The van der Waals surface area contributed by atoms with Gasteiger partial charge in [0.25, 0.3) is 0 Å². The second-order valence-corrected chi connectivity index (χ2v) is 9.35. The normalized spacial score (nSPS) is 15.3. The monoisotopic (exact) mass is 467 g/mol. The van der Waals surface area contributed by atoms with E-state index in [9.17, 15) is 4.79 Å². The predicted octanol–water partition coefficient (Wildman–Crippen LogP) is 7.35. The lowest BCUT2D eigenvalue weighted by atomic mass is 9.81. The Hall–Kier alpha value is -3.56. The van der Waals surface area contributed by atoms with Crippen LogP contribution >= 0.6 is 11.6 Å². The molecule has 170 valence electrons. The van der Waals surface area contributed by atoms with Crippen molar-refractivity contribution in [2.75, 3.05) is 11.4 Å². The van der Waals surface area contributed by atoms with Crippen molar-refractivity contribution >= 4 is 34.0 Å². The number of carbonyl (C=O) groups excluding carboxylic acids is 1. The molecule has 1 aliphatic rings. The number of amides is 1. The van der Waals surface area contributed by atoms with Crippen LogP contribution in [0.1, 0.15) is 34.6 Å². The van der Waals surface area contributed by atoms with Crippen molar-refractivity contribution in [3.05, 3.63) is 119 Å². The molecular weight excluding hydrogens is 442 g/mol. The van der Waals surface area contributed by atoms with Gasteiger partial charge in [0.05, 0.1) is 6.54 Å². The van der Waals surface area contributed by atoms with Crippen LogP contribution in [0.2, 0.25) is 0 Å². The molecule has 0 saturated heterocycles. The number of hydrogen-bond donors (Lipinski definition) is 0. The first-order valence-electron chi connectivity index (χ1n) is 11.4. The second kappa shape index (κ2) is 9.36. The fraction of sp³-hybridized carbons (Fsp3) is 0.167. The van der Waals surface area contributed by atoms with Crippen LogP contribution < -0.4 is 9.64 Å². The summed E-state index contributed by atoms with van der Waals surface area (Å²) >= 11 is 6.11. The van der Waals surface area contributed by atoms with Crippen molar-refractivity contribution < 1.29 is 9.53 Å². The van der Waals surface area contributed by atoms with E-state index in [1.54, 1.807) is 4.90 Å². The highest BCUT2D eigenvalue weighted by atomic mass is 35.5. The Morgan fingerprint density at radius 3 is 2.59 bits per heavy atom. The van der Waals surface area contributed by atoms with Gasteiger partial charge < -0.3 is 9.64 Å². The molecule has 3 nitrogen and oxygen atoms in total. The lowest BCUT2D eigenvalue weighted by Gasteiger charge is -2.35. The van der Waals surface area contributed by atoms with Gasteiger partial charge in [-0.05, 0) is 52.6 Å². The first kappa shape index (κ1) is 22.2. The van der Waals surface area contributed by atoms with E-state index in [-0.39, 0.29) is 11.8 Å². The van der Waals surface area contributed by atoms with Crippen LogP contribution in [0.3, 0.4) is 0 Å². The second-order valence-electron chi connectivity index (χ2n) is 8.82. The van der Waals surface area contributed by atoms with Crippen LogP contribution in [-0.4, -0.2) is 12.5 Å². The highest BCUT2D eigenvalue weighted by Gasteiger charge is 2.33. The average molecular weight is 468 g/mol. The molecule has 1 amide bonds. The molecule has 5 rings (SSSR count). The third kappa shape index (κ3) is 4.44. The molecule has 1 unspecified atom stereocenters. The van der Waals surface area contributed by atoms with Crippen LogP contribution in [0.4, 0.5) is 5.69 Å². The van der Waals surface area contributed by atoms with Crippen molar-refractivity contribution in [2.45, 2.75) is 25.9 Å². The summed E-state index contributed by atoms with van der Waals surface area (Å²) < 4.78 is 6.01. The summed E-state index contributed by atoms with van der Waals surface area (Å²) in [6, 6.07) is 28.9. The van der Waals surface area contributed by atoms with E-state index in [0.717, 1.165) is 38.9 Å². The van der Waals surface area contributed by atoms with Gasteiger partial charge in [-0.1, -0.05) is 90.5 Å². The molecule has 0 spiro atoms. The summed E-state index contributed by atoms with van der Waals surface area (Å²) in [5, 5.41) is 2.76. The molecule has 34 heavy (non-hydrogen) atoms. The van der Waals surface area contributed by atoms with Gasteiger partial charge in [-0.2, -0.15) is 0 Å². The minimum atomic E-state index is -0.0423. The van der Waals surface area contributed by atoms with Crippen molar-refractivity contribution in [3.8, 4) is 5.75 Å². The van der Waals surface area contributed by atoms with Crippen LogP contribution in [0.25, 0.3) is 10.8 Å². The molecule has 0 radical (unpaired) electrons. The first-order chi connectivity index (χ1) is 16.5. The van der Waals surface area contributed by atoms with Gasteiger partial charge in [-0.25, -0.2) is 0 Å². The number of anilines is 1. The number of nitrogens with zero attached hydrogens (tertiary/aromatic N) is 1. The first-order valence-corrected chi connectivity index (χ1v) is 11.8. The molecule has 0 bridgehead atoms. The highest BCUT2D eigenvalue weighted by molar-refractivity contribution is 6.30. The summed E-state index contributed by atoms with van der Waals surface area (Å²) in [6.07, 6.45) is 0.384. The van der Waals surface area contributed by atoms with Crippen molar-refractivity contribution in [3.63, 3.8) is 0 Å². The molecule has 0 fully saturated rings. The quantitative estimate of drug-likeness (QED) is 0.296. The Balaban J connectivity index is 1.48. The molecule has 1 heterocycles. The van der Waals surface area contributed by atoms with E-state index < -0.39 is 0 Å². The van der Waals surface area contributed by atoms with Gasteiger partial charge in [-0.15, -0.1) is 0 Å². The molecule has 1 atom stereocenters. The SMILES string of the molecule is C=C(Cl)CN1C(=O)CC(c2ccc(OCc3cccc(C)c3)cc2)c2c1ccc1ccccc21. The minimum Gasteiger partial charge on any atom is -0.489 e. The van der Waals surface area contributed by atoms with Crippen LogP contribution in [0.5, 0.6) is 5.75 Å². The van der Waals surface area contributed by atoms with Gasteiger partial charge in [0.15, 0.2) is 0 Å². The Kier molecular flexibility index (Phi) is 6.12. The molecule has 1 aliphatic heterocycles. The van der Waals surface area contributed by atoms with E-state index in [4.69, 9.17) is 16.3 Å². The summed E-state index contributed by atoms with van der Waals surface area (Å²) in [7, 11) is 0. The maximum Gasteiger partial charge on any atom is 0.228 e. The van der Waals surface area contributed by atoms with E-state index >= 15 is 0 Å². The third-order valence-corrected chi connectivity index (χ3v) is 6.49. The Bertz CT molecular complexity index is 1380. The van der Waals surface area contributed by atoms with Crippen LogP contribution in [0.15, 0.2) is 96.5 Å². The fourth-order valence-corrected chi connectivity index (χ4v) is 4.92. The summed E-state index contributed by atoms with van der Waals surface area (Å²) in [5.41, 5.74) is 5.52. The van der Waals surface area contributed by atoms with E-state index in [0.29, 0.717) is 24.6 Å². The molecule has 0 saturated carbocycles. The fourth-order valence-electron chi connectivity index (χ4n) is 4.80. The summed E-state index contributed by atoms with van der Waals surface area (Å²) in [6.45, 7) is 6.72. The van der Waals surface area contributed by atoms with Gasteiger partial charge in [0, 0.05) is 23.1 Å².